The molecule has 0 saturated carbocycles. The molecule has 0 aromatic carbocycles. The molecule has 0 aliphatic carbocycles. The Morgan fingerprint density at radius 1 is 0.467 bits per heavy atom. The summed E-state index contributed by atoms with van der Waals surface area (Å²) in [6.07, 6.45) is 1.73. The van der Waals surface area contributed by atoms with Gasteiger partial charge in [0.2, 0.25) is 0 Å². The van der Waals surface area contributed by atoms with Gasteiger partial charge in [0, 0.05) is 32.7 Å². The molecule has 0 heterocycles. The molecule has 0 atom stereocenters. The second-order valence-electron chi connectivity index (χ2n) is 6.90. The van der Waals surface area contributed by atoms with Crippen molar-refractivity contribution >= 4 is 30.4 Å². The summed E-state index contributed by atoms with van der Waals surface area (Å²) in [6, 6.07) is 0. The highest BCUT2D eigenvalue weighted by atomic mass is 31.2. The Bertz CT molecular complexity index is 679. The zero-order valence-electron chi connectivity index (χ0n) is 17.0. The van der Waals surface area contributed by atoms with Crippen LogP contribution >= 0.6 is 30.4 Å². The van der Waals surface area contributed by atoms with Crippen LogP contribution in [0.2, 0.25) is 0 Å². The molecule has 0 spiro atoms. The van der Waals surface area contributed by atoms with E-state index in [1.54, 1.807) is 0 Å². The number of rotatable bonds is 16. The molecule has 0 amide bonds. The van der Waals surface area contributed by atoms with Gasteiger partial charge in [-0.3, -0.25) is 62.3 Å². The smallest absolute Gasteiger partial charge is 0.284 e. The zero-order chi connectivity index (χ0) is 23.8. The van der Waals surface area contributed by atoms with Gasteiger partial charge >= 0.3 is 0 Å². The van der Waals surface area contributed by atoms with E-state index in [1.807, 2.05) is 0 Å². The fraction of sp³-hybridized carbons (Fsp3) is 1.00. The van der Waals surface area contributed by atoms with E-state index in [0.717, 1.165) is 0 Å². The molecule has 30 heavy (non-hydrogen) atoms. The van der Waals surface area contributed by atoms with Crippen LogP contribution in [0.4, 0.5) is 0 Å². The molecule has 18 N–H and O–H groups in total. The van der Waals surface area contributed by atoms with Crippen LogP contribution in [-0.4, -0.2) is 53.1 Å². The fourth-order valence-electron chi connectivity index (χ4n) is 2.64. The van der Waals surface area contributed by atoms with Gasteiger partial charge in [-0.05, 0) is 32.2 Å². The summed E-state index contributed by atoms with van der Waals surface area (Å²) in [6.45, 7) is 1.29. The van der Waals surface area contributed by atoms with Gasteiger partial charge in [-0.2, -0.15) is 4.44 Å². The van der Waals surface area contributed by atoms with Crippen LogP contribution in [0.15, 0.2) is 0 Å². The highest BCUT2D eigenvalue weighted by Crippen LogP contribution is 2.49. The van der Waals surface area contributed by atoms with E-state index in [2.05, 4.69) is 0 Å². The Morgan fingerprint density at radius 3 is 1.10 bits per heavy atom. The van der Waals surface area contributed by atoms with E-state index in [4.69, 9.17) is 49.8 Å². The molecule has 20 heteroatoms. The van der Waals surface area contributed by atoms with Crippen molar-refractivity contribution in [2.45, 2.75) is 25.7 Å². The fourth-order valence-corrected chi connectivity index (χ4v) is 7.11. The molecule has 0 bridgehead atoms. The lowest BCUT2D eigenvalue weighted by Crippen LogP contribution is -2.36. The van der Waals surface area contributed by atoms with E-state index < -0.39 is 30.4 Å². The van der Waals surface area contributed by atoms with E-state index >= 15 is 0 Å². The van der Waals surface area contributed by atoms with Crippen molar-refractivity contribution in [2.75, 3.05) is 39.3 Å². The van der Waals surface area contributed by atoms with E-state index in [1.165, 1.54) is 9.34 Å². The molecule has 182 valence electrons. The Kier molecular flexibility index (Phi) is 12.8. The largest absolute Gasteiger partial charge is 0.330 e. The Hall–Kier alpha value is 0.440. The van der Waals surface area contributed by atoms with Gasteiger partial charge in [0.05, 0.1) is 0 Å². The van der Waals surface area contributed by atoms with Crippen molar-refractivity contribution in [1.82, 2.24) is 13.8 Å². The predicted molar refractivity (Wildman–Crippen MR) is 121 cm³/mol. The van der Waals surface area contributed by atoms with Crippen molar-refractivity contribution in [3.8, 4) is 0 Å². The minimum Gasteiger partial charge on any atom is -0.330 e. The van der Waals surface area contributed by atoms with Crippen LogP contribution in [0.1, 0.15) is 25.7 Å². The molecule has 16 nitrogen and oxygen atoms in total. The van der Waals surface area contributed by atoms with Crippen molar-refractivity contribution in [2.24, 2.45) is 49.8 Å². The Labute approximate surface area is 177 Å². The highest BCUT2D eigenvalue weighted by molar-refractivity contribution is 7.71. The van der Waals surface area contributed by atoms with Gasteiger partial charge in [0.15, 0.2) is 0 Å². The number of nitrogens with zero attached hydrogens (tertiary/aromatic N) is 3. The number of unbranched alkanes of at least 4 members (excludes halogenated alkanes) is 1. The second-order valence-corrected chi connectivity index (χ2v) is 14.7. The summed E-state index contributed by atoms with van der Waals surface area (Å²) < 4.78 is 51.2. The number of hydrogen-bond donors (Lipinski definition) is 9. The monoisotopic (exact) mass is 514 g/mol. The van der Waals surface area contributed by atoms with Crippen molar-refractivity contribution in [3.05, 3.63) is 0 Å². The summed E-state index contributed by atoms with van der Waals surface area (Å²) in [5.41, 5.74) is 48.9. The predicted octanol–water partition coefficient (Wildman–Crippen LogP) is -1.49. The molecular weight excluding hydrogens is 476 g/mol. The van der Waals surface area contributed by atoms with Gasteiger partial charge in [0.25, 0.3) is 30.4 Å². The van der Waals surface area contributed by atoms with Crippen molar-refractivity contribution in [1.29, 1.82) is 0 Å². The van der Waals surface area contributed by atoms with Crippen LogP contribution in [0, 0.1) is 0 Å². The normalized spacial score (nSPS) is 14.3. The van der Waals surface area contributed by atoms with E-state index in [0.29, 0.717) is 43.3 Å². The zero-order valence-corrected chi connectivity index (χ0v) is 20.6. The topological polar surface area (TPSA) is 312 Å². The lowest BCUT2D eigenvalue weighted by atomic mass is 10.3. The maximum atomic E-state index is 12.2. The first-order valence-corrected chi connectivity index (χ1v) is 16.3. The van der Waals surface area contributed by atoms with Crippen LogP contribution in [0.5, 0.6) is 0 Å². The van der Waals surface area contributed by atoms with Crippen molar-refractivity contribution in [3.63, 3.8) is 0 Å². The van der Waals surface area contributed by atoms with Gasteiger partial charge < -0.3 is 5.73 Å². The summed E-state index contributed by atoms with van der Waals surface area (Å²) in [4.78, 5) is 0. The van der Waals surface area contributed by atoms with Crippen LogP contribution in [0.25, 0.3) is 0 Å². The molecule has 0 aromatic rings. The van der Waals surface area contributed by atoms with E-state index in [9.17, 15) is 18.3 Å². The summed E-state index contributed by atoms with van der Waals surface area (Å²) in [5, 5.41) is 0. The maximum absolute atomic E-state index is 12.2. The summed E-state index contributed by atoms with van der Waals surface area (Å²) in [5.74, 6) is 0. The third-order valence-electron chi connectivity index (χ3n) is 4.08. The van der Waals surface area contributed by atoms with Crippen molar-refractivity contribution < 1.29 is 18.3 Å². The first kappa shape index (κ1) is 30.4. The average Bonchev–Trinajstić information content (AvgIpc) is 2.50. The molecule has 0 aromatic heterocycles. The maximum Gasteiger partial charge on any atom is 0.284 e. The van der Waals surface area contributed by atoms with E-state index in [-0.39, 0.29) is 26.1 Å². The minimum atomic E-state index is -3.96. The highest BCUT2D eigenvalue weighted by Gasteiger charge is 2.33. The quantitative estimate of drug-likeness (QED) is 0.0836. The second kappa shape index (κ2) is 12.6. The Morgan fingerprint density at radius 2 is 0.800 bits per heavy atom. The number of nitrogens with two attached hydrogens (primary N) is 9. The third kappa shape index (κ3) is 12.5. The molecule has 0 radical (unpaired) electrons. The first-order valence-electron chi connectivity index (χ1n) is 9.09. The first-order chi connectivity index (χ1) is 13.4. The van der Waals surface area contributed by atoms with Crippen LogP contribution < -0.4 is 49.8 Å². The van der Waals surface area contributed by atoms with Gasteiger partial charge in [-0.1, -0.05) is 0 Å². The van der Waals surface area contributed by atoms with Gasteiger partial charge in [-0.25, -0.2) is 9.34 Å². The lowest BCUT2D eigenvalue weighted by molar-refractivity contribution is 0.357. The molecule has 0 unspecified atom stereocenters. The van der Waals surface area contributed by atoms with Crippen LogP contribution in [-0.2, 0) is 18.3 Å². The molecular formula is C10H38N12O4P4. The standard InChI is InChI=1S/C10H38N12O4P4/c11-5-3-8-20(27(12,13)23)6-1-2-7-21(28(14,15)24)9-4-10-22(29(16,17)25)30(18,19)26/h1-11H2,(H4,12,13,23)(H4,14,15,24)(H4,16,17,25)(H4,18,19,26). The summed E-state index contributed by atoms with van der Waals surface area (Å²) in [7, 11) is -14.9. The van der Waals surface area contributed by atoms with Gasteiger partial charge in [0.1, 0.15) is 0 Å². The molecule has 0 aliphatic heterocycles. The third-order valence-corrected chi connectivity index (χ3v) is 10.2. The Balaban J connectivity index is 4.79. The average molecular weight is 514 g/mol. The van der Waals surface area contributed by atoms with Gasteiger partial charge in [-0.15, -0.1) is 0 Å². The summed E-state index contributed by atoms with van der Waals surface area (Å²) >= 11 is 0. The lowest BCUT2D eigenvalue weighted by Gasteiger charge is -2.30. The molecule has 0 saturated heterocycles. The SMILES string of the molecule is NCCCN(CCCCN(CCCN(P(N)(N)=O)P(N)(N)=O)P(N)(N)=O)P(N)(N)=O. The minimum absolute atomic E-state index is 0.0872. The van der Waals surface area contributed by atoms with Crippen LogP contribution in [0.3, 0.4) is 0 Å². The molecule has 0 rings (SSSR count). The molecule has 0 aliphatic rings. The molecule has 0 fully saturated rings. The number of hydrogen-bond acceptors (Lipinski definition) is 5.